The van der Waals surface area contributed by atoms with E-state index in [4.69, 9.17) is 13.1 Å². The molecule has 14 atom stereocenters. The number of fused-ring (bicyclic) bond motifs is 14. The van der Waals surface area contributed by atoms with Gasteiger partial charge in [-0.2, -0.15) is 0 Å². The molecule has 0 heterocycles. The third-order valence-corrected chi connectivity index (χ3v) is 25.3. The van der Waals surface area contributed by atoms with Crippen LogP contribution in [0.2, 0.25) is 0 Å². The van der Waals surface area contributed by atoms with Crippen molar-refractivity contribution in [3.8, 4) is 0 Å². The van der Waals surface area contributed by atoms with E-state index in [1.807, 2.05) is 65.8 Å². The minimum absolute atomic E-state index is 0. The predicted octanol–water partition coefficient (Wildman–Crippen LogP) is 14.0. The van der Waals surface area contributed by atoms with Gasteiger partial charge in [0, 0.05) is 46.6 Å². The summed E-state index contributed by atoms with van der Waals surface area (Å²) < 4.78 is 0. The molecule has 0 unspecified atom stereocenters. The molecule has 0 aromatic carbocycles. The molecule has 2 N–H and O–H groups in total. The quantitative estimate of drug-likeness (QED) is 0.269. The predicted molar refractivity (Wildman–Crippen MR) is 304 cm³/mol. The summed E-state index contributed by atoms with van der Waals surface area (Å²) in [6.45, 7) is 51.5. The number of nitrogens with one attached hydrogen (secondary N) is 2. The number of hydrogen-bond donors (Lipinski definition) is 2. The molecule has 0 aromatic rings. The Morgan fingerprint density at radius 3 is 1.16 bits per heavy atom. The molecule has 0 bridgehead atoms. The van der Waals surface area contributed by atoms with E-state index in [-0.39, 0.29) is 122 Å². The van der Waals surface area contributed by atoms with Gasteiger partial charge in [0.25, 0.3) is 0 Å². The van der Waals surface area contributed by atoms with Gasteiger partial charge in [-0.05, 0) is 172 Å². The molecule has 0 radical (unpaired) electrons. The first-order valence-electron chi connectivity index (χ1n) is 29.5. The normalized spacial score (nSPS) is 44.2. The molecule has 10 heteroatoms. The van der Waals surface area contributed by atoms with E-state index < -0.39 is 32.5 Å². The van der Waals surface area contributed by atoms with Crippen molar-refractivity contribution in [2.75, 3.05) is 13.1 Å². The molecule has 6 fully saturated rings. The molecule has 77 heavy (non-hydrogen) atoms. The minimum atomic E-state index is -0.653. The molecule has 0 spiro atoms. The van der Waals surface area contributed by atoms with Gasteiger partial charge < -0.3 is 20.2 Å². The number of hydrogen-bond acceptors (Lipinski definition) is 6. The van der Waals surface area contributed by atoms with Crippen LogP contribution in [0.25, 0.3) is 9.69 Å². The van der Waals surface area contributed by atoms with E-state index in [9.17, 15) is 28.8 Å². The van der Waals surface area contributed by atoms with Gasteiger partial charge >= 0.3 is 0 Å². The van der Waals surface area contributed by atoms with Crippen molar-refractivity contribution >= 4 is 34.9 Å². The van der Waals surface area contributed by atoms with Crippen LogP contribution >= 0.6 is 0 Å². The van der Waals surface area contributed by atoms with Crippen molar-refractivity contribution in [1.82, 2.24) is 10.6 Å². The summed E-state index contributed by atoms with van der Waals surface area (Å²) in [5, 5.41) is 6.31. The number of Topliss-reactive ketones (excluding diaryl/α,β-unsaturated/α-hetero) is 2. The van der Waals surface area contributed by atoms with Crippen LogP contribution in [0.15, 0.2) is 46.8 Å². The highest BCUT2D eigenvalue weighted by Crippen LogP contribution is 2.77. The smallest absolute Gasteiger partial charge is 0.226 e. The third-order valence-electron chi connectivity index (χ3n) is 25.3. The second-order valence-electron chi connectivity index (χ2n) is 30.5. The fraction of sp³-hybridized carbons (Fsp3) is 0.761. The van der Waals surface area contributed by atoms with Crippen LogP contribution in [0.3, 0.4) is 0 Å². The molecule has 0 saturated heterocycles. The number of amides is 2. The molecule has 0 aromatic heterocycles. The first-order valence-corrected chi connectivity index (χ1v) is 29.5. The maximum atomic E-state index is 14.5. The highest BCUT2D eigenvalue weighted by molar-refractivity contribution is 6.04. The van der Waals surface area contributed by atoms with Gasteiger partial charge in [-0.1, -0.05) is 128 Å². The van der Waals surface area contributed by atoms with Crippen LogP contribution in [0, 0.1) is 114 Å². The van der Waals surface area contributed by atoms with Crippen molar-refractivity contribution < 1.29 is 28.8 Å². The highest BCUT2D eigenvalue weighted by Gasteiger charge is 2.73. The maximum Gasteiger partial charge on any atom is 0.226 e. The molecule has 420 valence electrons. The largest absolute Gasteiger partial charge is 0.356 e. The van der Waals surface area contributed by atoms with Gasteiger partial charge in [0.15, 0.2) is 23.1 Å². The lowest BCUT2D eigenvalue weighted by Gasteiger charge is -2.69. The first kappa shape index (κ1) is 58.7. The molecular weight excluding hydrogens is 957 g/mol. The van der Waals surface area contributed by atoms with Crippen LogP contribution < -0.4 is 10.6 Å². The zero-order chi connectivity index (χ0) is 56.2. The van der Waals surface area contributed by atoms with E-state index in [1.54, 1.807) is 0 Å². The lowest BCUT2D eigenvalue weighted by Crippen LogP contribution is -2.66. The standard InChI is InChI=1S/2C33H46N2O3.CH4/c2*1-10-35-27(38)33-15-13-28(2,3)18-20(33)25-22(36)17-24-30(6)19-21(34-9)26(37)29(4,5)23(30)11-12-31(24,7)32(25,8)14-16-33;/h2*17,19-20,23,25H,10-16,18H2,1-8H3,(H,35,38);1H4/t2*20-,23-,25-,30-,31+,32+,33-;/m00./s1. The zero-order valence-corrected chi connectivity index (χ0v) is 49.4. The molecule has 0 aliphatic heterocycles. The number of allylic oxidation sites excluding steroid dienone is 8. The summed E-state index contributed by atoms with van der Waals surface area (Å²) in [6, 6.07) is 0. The fourth-order valence-electron chi connectivity index (χ4n) is 20.7. The van der Waals surface area contributed by atoms with E-state index in [2.05, 4.69) is 89.6 Å². The lowest BCUT2D eigenvalue weighted by atomic mass is 9.34. The Bertz CT molecular complexity index is 2620. The van der Waals surface area contributed by atoms with E-state index in [1.165, 1.54) is 0 Å². The summed E-state index contributed by atoms with van der Waals surface area (Å²) in [6.07, 6.45) is 20.1. The molecule has 6 saturated carbocycles. The Morgan fingerprint density at radius 2 is 0.844 bits per heavy atom. The van der Waals surface area contributed by atoms with Crippen molar-refractivity contribution in [1.29, 1.82) is 0 Å². The topological polar surface area (TPSA) is 135 Å². The van der Waals surface area contributed by atoms with Crippen molar-refractivity contribution in [3.63, 3.8) is 0 Å². The van der Waals surface area contributed by atoms with Crippen LogP contribution in [-0.4, -0.2) is 48.0 Å². The molecule has 10 aliphatic rings. The van der Waals surface area contributed by atoms with Gasteiger partial charge in [-0.15, -0.1) is 0 Å². The van der Waals surface area contributed by atoms with Gasteiger partial charge in [0.1, 0.15) is 0 Å². The fourth-order valence-corrected chi connectivity index (χ4v) is 20.7. The number of carbonyl (C=O) groups is 6. The zero-order valence-electron chi connectivity index (χ0n) is 49.4. The maximum absolute atomic E-state index is 14.5. The number of nitrogens with zero attached hydrogens (tertiary/aromatic N) is 2. The lowest BCUT2D eigenvalue weighted by molar-refractivity contribution is -0.179. The SMILES string of the molecule is C.[C-]#[N+]C1=C[C@]2(C)C3=CC(=O)[C@@H]4[C@@H]5CC(C)(C)CC[C@]5(C(=O)NCC)CC[C@@]4(C)[C@]3(C)CC[C@H]2C(C)(C)C1=O.[C-]#[N+]C1=C[C@]2(C)C3=CC(=O)[C@@H]4[C@@H]5CC(C)(C)CC[C@]5(C(=O)NCC)CC[C@@]4(C)[C@]3(C)CC[C@H]2C(C)(C)C1=O. The average molecular weight is 1050 g/mol. The first-order chi connectivity index (χ1) is 35.1. The molecule has 10 rings (SSSR count). The number of rotatable bonds is 4. The van der Waals surface area contributed by atoms with E-state index in [0.29, 0.717) is 13.1 Å². The summed E-state index contributed by atoms with van der Waals surface area (Å²) >= 11 is 0. The van der Waals surface area contributed by atoms with Crippen LogP contribution in [-0.2, 0) is 28.8 Å². The third kappa shape index (κ3) is 7.74. The number of carbonyl (C=O) groups excluding carboxylic acids is 6. The number of ketones is 4. The molecule has 10 nitrogen and oxygen atoms in total. The Labute approximate surface area is 463 Å². The Hall–Kier alpha value is -4.44. The highest BCUT2D eigenvalue weighted by atomic mass is 16.2. The van der Waals surface area contributed by atoms with Crippen LogP contribution in [0.5, 0.6) is 0 Å². The summed E-state index contributed by atoms with van der Waals surface area (Å²) in [5.41, 5.74) is -1.52. The van der Waals surface area contributed by atoms with Crippen molar-refractivity contribution in [2.45, 2.75) is 208 Å². The average Bonchev–Trinajstić information content (AvgIpc) is 3.46. The van der Waals surface area contributed by atoms with Gasteiger partial charge in [0.05, 0.1) is 24.0 Å². The summed E-state index contributed by atoms with van der Waals surface area (Å²) in [4.78, 5) is 90.1. The van der Waals surface area contributed by atoms with Gasteiger partial charge in [-0.25, -0.2) is 9.69 Å². The Balaban J connectivity index is 0.000000201. The Kier molecular flexibility index (Phi) is 13.9. The molecule has 2 amide bonds. The van der Waals surface area contributed by atoms with Crippen molar-refractivity contribution in [2.24, 2.45) is 100 Å². The monoisotopic (exact) mass is 1050 g/mol. The van der Waals surface area contributed by atoms with Crippen LogP contribution in [0.4, 0.5) is 0 Å². The minimum Gasteiger partial charge on any atom is -0.356 e. The second-order valence-corrected chi connectivity index (χ2v) is 30.5. The van der Waals surface area contributed by atoms with Gasteiger partial charge in [-0.3, -0.25) is 19.2 Å². The Morgan fingerprint density at radius 1 is 0.519 bits per heavy atom. The van der Waals surface area contributed by atoms with Crippen LogP contribution in [0.1, 0.15) is 208 Å². The summed E-state index contributed by atoms with van der Waals surface area (Å²) in [7, 11) is 0. The second kappa shape index (κ2) is 18.3. The van der Waals surface area contributed by atoms with E-state index in [0.717, 1.165) is 101 Å². The van der Waals surface area contributed by atoms with Crippen molar-refractivity contribution in [3.05, 3.63) is 69.7 Å². The van der Waals surface area contributed by atoms with E-state index >= 15 is 0 Å². The molecular formula is C67H96N4O6. The molecule has 10 aliphatic carbocycles. The van der Waals surface area contributed by atoms with Gasteiger partial charge in [0.2, 0.25) is 23.2 Å². The summed E-state index contributed by atoms with van der Waals surface area (Å²) in [5.74, 6) is 0.190.